The van der Waals surface area contributed by atoms with E-state index in [1.54, 1.807) is 11.3 Å². The van der Waals surface area contributed by atoms with Crippen molar-refractivity contribution in [2.75, 3.05) is 6.54 Å². The summed E-state index contributed by atoms with van der Waals surface area (Å²) in [7, 11) is 0. The molecule has 4 heteroatoms. The SMILES string of the molecule is CCCCNCc1nc(-c2cc(C(C)(C)C)c(O)c(C(C)(C)C)c2)cs1. The molecule has 0 unspecified atom stereocenters. The third kappa shape index (κ3) is 5.08. The average molecular weight is 375 g/mol. The number of benzene rings is 1. The first-order valence-electron chi connectivity index (χ1n) is 9.57. The molecule has 0 bridgehead atoms. The molecule has 0 fully saturated rings. The molecule has 0 aliphatic heterocycles. The minimum Gasteiger partial charge on any atom is -0.507 e. The Morgan fingerprint density at radius 1 is 1.04 bits per heavy atom. The molecule has 0 radical (unpaired) electrons. The minimum atomic E-state index is -0.124. The molecule has 1 aromatic carbocycles. The summed E-state index contributed by atoms with van der Waals surface area (Å²) in [4.78, 5) is 4.83. The topological polar surface area (TPSA) is 45.2 Å². The third-order valence-electron chi connectivity index (χ3n) is 4.56. The van der Waals surface area contributed by atoms with Crippen LogP contribution in [0.1, 0.15) is 77.4 Å². The summed E-state index contributed by atoms with van der Waals surface area (Å²) in [6, 6.07) is 4.21. The molecule has 0 saturated heterocycles. The molecule has 0 aliphatic rings. The lowest BCUT2D eigenvalue weighted by Gasteiger charge is -2.28. The molecule has 1 heterocycles. The van der Waals surface area contributed by atoms with Gasteiger partial charge in [0.05, 0.1) is 5.69 Å². The Morgan fingerprint density at radius 2 is 1.62 bits per heavy atom. The number of phenols is 1. The smallest absolute Gasteiger partial charge is 0.123 e. The van der Waals surface area contributed by atoms with Gasteiger partial charge in [0.1, 0.15) is 10.8 Å². The Bertz CT molecular complexity index is 700. The van der Waals surface area contributed by atoms with Gasteiger partial charge >= 0.3 is 0 Å². The molecule has 2 N–H and O–H groups in total. The zero-order valence-corrected chi connectivity index (χ0v) is 18.2. The van der Waals surface area contributed by atoms with E-state index in [0.29, 0.717) is 5.75 Å². The maximum absolute atomic E-state index is 10.9. The predicted molar refractivity (Wildman–Crippen MR) is 113 cm³/mol. The Kier molecular flexibility index (Phi) is 6.51. The minimum absolute atomic E-state index is 0.124. The quantitative estimate of drug-likeness (QED) is 0.609. The summed E-state index contributed by atoms with van der Waals surface area (Å²) in [5.41, 5.74) is 3.81. The van der Waals surface area contributed by atoms with E-state index < -0.39 is 0 Å². The monoisotopic (exact) mass is 374 g/mol. The van der Waals surface area contributed by atoms with Gasteiger partial charge in [0.15, 0.2) is 0 Å². The van der Waals surface area contributed by atoms with Gasteiger partial charge in [-0.1, -0.05) is 54.9 Å². The van der Waals surface area contributed by atoms with E-state index in [9.17, 15) is 5.11 Å². The summed E-state index contributed by atoms with van der Waals surface area (Å²) < 4.78 is 0. The summed E-state index contributed by atoms with van der Waals surface area (Å²) in [5.74, 6) is 0.422. The summed E-state index contributed by atoms with van der Waals surface area (Å²) >= 11 is 1.70. The fourth-order valence-corrected chi connectivity index (χ4v) is 3.72. The lowest BCUT2D eigenvalue weighted by molar-refractivity contribution is 0.423. The molecule has 0 atom stereocenters. The first-order chi connectivity index (χ1) is 12.0. The van der Waals surface area contributed by atoms with Crippen molar-refractivity contribution < 1.29 is 5.11 Å². The number of phenolic OH excluding ortho intramolecular Hbond substituents is 1. The van der Waals surface area contributed by atoms with Crippen LogP contribution in [0, 0.1) is 0 Å². The molecule has 3 nitrogen and oxygen atoms in total. The highest BCUT2D eigenvalue weighted by Crippen LogP contribution is 2.42. The fourth-order valence-electron chi connectivity index (χ4n) is 2.95. The van der Waals surface area contributed by atoms with Crippen LogP contribution in [0.5, 0.6) is 5.75 Å². The number of nitrogens with zero attached hydrogens (tertiary/aromatic N) is 1. The standard InChI is InChI=1S/C22H34N2OS/c1-8-9-10-23-13-19-24-18(14-26-19)15-11-16(21(2,3)4)20(25)17(12-15)22(5,6)7/h11-12,14,23,25H,8-10,13H2,1-7H3. The van der Waals surface area contributed by atoms with Crippen molar-refractivity contribution in [3.8, 4) is 17.0 Å². The summed E-state index contributed by atoms with van der Waals surface area (Å²) in [6.07, 6.45) is 2.40. The van der Waals surface area contributed by atoms with Crippen molar-refractivity contribution in [2.45, 2.75) is 78.7 Å². The fraction of sp³-hybridized carbons (Fsp3) is 0.591. The van der Waals surface area contributed by atoms with Gasteiger partial charge in [-0.3, -0.25) is 0 Å². The second-order valence-electron chi connectivity index (χ2n) is 9.08. The van der Waals surface area contributed by atoms with Gasteiger partial charge in [-0.2, -0.15) is 0 Å². The van der Waals surface area contributed by atoms with Gasteiger partial charge in [0.25, 0.3) is 0 Å². The predicted octanol–water partition coefficient (Wildman–Crippen LogP) is 6.00. The second kappa shape index (κ2) is 8.10. The zero-order chi connectivity index (χ0) is 19.5. The highest BCUT2D eigenvalue weighted by atomic mass is 32.1. The van der Waals surface area contributed by atoms with Crippen LogP contribution < -0.4 is 5.32 Å². The molecular weight excluding hydrogens is 340 g/mol. The van der Waals surface area contributed by atoms with E-state index in [2.05, 4.69) is 71.3 Å². The first-order valence-corrected chi connectivity index (χ1v) is 10.5. The number of rotatable bonds is 6. The number of hydrogen-bond acceptors (Lipinski definition) is 4. The Balaban J connectivity index is 2.39. The van der Waals surface area contributed by atoms with Gasteiger partial charge in [0, 0.05) is 28.6 Å². The van der Waals surface area contributed by atoms with E-state index in [1.807, 2.05) is 0 Å². The van der Waals surface area contributed by atoms with Crippen molar-refractivity contribution in [1.29, 1.82) is 0 Å². The molecule has 26 heavy (non-hydrogen) atoms. The van der Waals surface area contributed by atoms with Crippen LogP contribution in [0.3, 0.4) is 0 Å². The van der Waals surface area contributed by atoms with Crippen molar-refractivity contribution in [2.24, 2.45) is 0 Å². The van der Waals surface area contributed by atoms with Gasteiger partial charge in [-0.15, -0.1) is 11.3 Å². The highest BCUT2D eigenvalue weighted by Gasteiger charge is 2.27. The van der Waals surface area contributed by atoms with Crippen LogP contribution >= 0.6 is 11.3 Å². The number of aromatic nitrogens is 1. The Morgan fingerprint density at radius 3 is 2.12 bits per heavy atom. The largest absolute Gasteiger partial charge is 0.507 e. The maximum atomic E-state index is 10.9. The lowest BCUT2D eigenvalue weighted by Crippen LogP contribution is -2.17. The number of unbranched alkanes of at least 4 members (excludes halogenated alkanes) is 1. The molecule has 0 aliphatic carbocycles. The zero-order valence-electron chi connectivity index (χ0n) is 17.4. The van der Waals surface area contributed by atoms with Crippen LogP contribution in [0.25, 0.3) is 11.3 Å². The van der Waals surface area contributed by atoms with E-state index in [0.717, 1.165) is 40.5 Å². The molecule has 0 saturated carbocycles. The molecule has 2 rings (SSSR count). The van der Waals surface area contributed by atoms with E-state index in [4.69, 9.17) is 4.98 Å². The molecule has 2 aromatic rings. The maximum Gasteiger partial charge on any atom is 0.123 e. The number of nitrogens with one attached hydrogen (secondary N) is 1. The highest BCUT2D eigenvalue weighted by molar-refractivity contribution is 7.09. The Hall–Kier alpha value is -1.39. The summed E-state index contributed by atoms with van der Waals surface area (Å²) in [5, 5.41) is 17.6. The Labute approximate surface area is 162 Å². The van der Waals surface area contributed by atoms with Gasteiger partial charge in [-0.05, 0) is 35.9 Å². The van der Waals surface area contributed by atoms with Gasteiger partial charge < -0.3 is 10.4 Å². The van der Waals surface area contributed by atoms with Gasteiger partial charge in [-0.25, -0.2) is 4.98 Å². The van der Waals surface area contributed by atoms with E-state index >= 15 is 0 Å². The van der Waals surface area contributed by atoms with E-state index in [-0.39, 0.29) is 10.8 Å². The van der Waals surface area contributed by atoms with Crippen LogP contribution in [-0.4, -0.2) is 16.6 Å². The number of aromatic hydroxyl groups is 1. The van der Waals surface area contributed by atoms with Crippen LogP contribution in [0.15, 0.2) is 17.5 Å². The van der Waals surface area contributed by atoms with Crippen LogP contribution in [-0.2, 0) is 17.4 Å². The van der Waals surface area contributed by atoms with Crippen LogP contribution in [0.4, 0.5) is 0 Å². The molecule has 1 aromatic heterocycles. The molecule has 0 amide bonds. The van der Waals surface area contributed by atoms with E-state index in [1.165, 1.54) is 12.8 Å². The summed E-state index contributed by atoms with van der Waals surface area (Å²) in [6.45, 7) is 16.9. The molecular formula is C22H34N2OS. The second-order valence-corrected chi connectivity index (χ2v) is 10.0. The average Bonchev–Trinajstić information content (AvgIpc) is 2.98. The number of hydrogen-bond donors (Lipinski definition) is 2. The van der Waals surface area contributed by atoms with Crippen molar-refractivity contribution in [1.82, 2.24) is 10.3 Å². The first kappa shape index (κ1) is 20.9. The van der Waals surface area contributed by atoms with Crippen molar-refractivity contribution in [3.05, 3.63) is 33.6 Å². The normalized spacial score (nSPS) is 12.6. The van der Waals surface area contributed by atoms with Crippen LogP contribution in [0.2, 0.25) is 0 Å². The van der Waals surface area contributed by atoms with Crippen molar-refractivity contribution in [3.63, 3.8) is 0 Å². The molecule has 144 valence electrons. The molecule has 0 spiro atoms. The van der Waals surface area contributed by atoms with Crippen molar-refractivity contribution >= 4 is 11.3 Å². The van der Waals surface area contributed by atoms with Gasteiger partial charge in [0.2, 0.25) is 0 Å². The number of thiazole rings is 1. The lowest BCUT2D eigenvalue weighted by atomic mass is 9.78. The third-order valence-corrected chi connectivity index (χ3v) is 5.41.